The second kappa shape index (κ2) is 5.91. The lowest BCUT2D eigenvalue weighted by molar-refractivity contribution is 0.410. The number of hydrogen-bond acceptors (Lipinski definition) is 4. The summed E-state index contributed by atoms with van der Waals surface area (Å²) >= 11 is 0. The van der Waals surface area contributed by atoms with Crippen LogP contribution in [0.2, 0.25) is 0 Å². The quantitative estimate of drug-likeness (QED) is 0.889. The molecule has 0 unspecified atom stereocenters. The minimum atomic E-state index is -3.64. The Hall–Kier alpha value is -1.78. The van der Waals surface area contributed by atoms with Crippen molar-refractivity contribution in [1.29, 1.82) is 5.26 Å². The van der Waals surface area contributed by atoms with Crippen molar-refractivity contribution in [2.24, 2.45) is 0 Å². The molecule has 0 amide bonds. The lowest BCUT2D eigenvalue weighted by Gasteiger charge is -2.22. The van der Waals surface area contributed by atoms with E-state index >= 15 is 0 Å². The molecule has 7 heteroatoms. The van der Waals surface area contributed by atoms with E-state index in [1.807, 2.05) is 6.07 Å². The predicted octanol–water partition coefficient (Wildman–Crippen LogP) is 1.56. The largest absolute Gasteiger partial charge is 0.495 e. The van der Waals surface area contributed by atoms with E-state index in [4.69, 9.17) is 10.00 Å². The third kappa shape index (κ3) is 3.59. The number of nitrogens with zero attached hydrogens (tertiary/aromatic N) is 2. The number of methoxy groups -OCH3 is 1. The topological polar surface area (TPSA) is 82.4 Å². The van der Waals surface area contributed by atoms with E-state index in [0.29, 0.717) is 17.0 Å². The van der Waals surface area contributed by atoms with E-state index in [9.17, 15) is 8.42 Å². The maximum atomic E-state index is 12.1. The summed E-state index contributed by atoms with van der Waals surface area (Å²) in [6, 6.07) is 6.31. The van der Waals surface area contributed by atoms with Gasteiger partial charge < -0.3 is 4.74 Å². The minimum absolute atomic E-state index is 0.165. The van der Waals surface area contributed by atoms with Crippen LogP contribution in [0.3, 0.4) is 0 Å². The minimum Gasteiger partial charge on any atom is -0.495 e. The Morgan fingerprint density at radius 1 is 1.42 bits per heavy atom. The number of hydrogen-bond donors (Lipinski definition) is 1. The number of anilines is 1. The average Bonchev–Trinajstić information content (AvgIpc) is 2.37. The molecule has 0 saturated carbocycles. The highest BCUT2D eigenvalue weighted by Crippen LogP contribution is 2.26. The summed E-state index contributed by atoms with van der Waals surface area (Å²) < 4.78 is 32.8. The molecular weight excluding hydrogens is 266 g/mol. The zero-order chi connectivity index (χ0) is 14.6. The summed E-state index contributed by atoms with van der Waals surface area (Å²) in [5.74, 6) is 0.305. The van der Waals surface area contributed by atoms with Gasteiger partial charge in [-0.25, -0.2) is 0 Å². The maximum absolute atomic E-state index is 12.1. The molecule has 0 aliphatic heterocycles. The van der Waals surface area contributed by atoms with Crippen LogP contribution in [0.15, 0.2) is 18.2 Å². The van der Waals surface area contributed by atoms with Gasteiger partial charge in [-0.3, -0.25) is 4.72 Å². The normalized spacial score (nSPS) is 11.4. The number of benzene rings is 1. The summed E-state index contributed by atoms with van der Waals surface area (Å²) in [4.78, 5) is 0. The highest BCUT2D eigenvalue weighted by atomic mass is 32.2. The monoisotopic (exact) mass is 283 g/mol. The highest BCUT2D eigenvalue weighted by Gasteiger charge is 2.21. The molecule has 19 heavy (non-hydrogen) atoms. The first kappa shape index (κ1) is 15.3. The van der Waals surface area contributed by atoms with Gasteiger partial charge in [0.1, 0.15) is 5.75 Å². The third-order valence-corrected chi connectivity index (χ3v) is 4.33. The molecule has 0 aliphatic rings. The number of nitrogens with one attached hydrogen (secondary N) is 1. The second-order valence-corrected chi connectivity index (χ2v) is 5.97. The maximum Gasteiger partial charge on any atom is 0.301 e. The molecule has 1 rings (SSSR count). The van der Waals surface area contributed by atoms with Crippen LogP contribution in [0, 0.1) is 11.3 Å². The van der Waals surface area contributed by atoms with Gasteiger partial charge in [-0.15, -0.1) is 0 Å². The summed E-state index contributed by atoms with van der Waals surface area (Å²) in [5.41, 5.74) is 0.700. The van der Waals surface area contributed by atoms with Gasteiger partial charge in [0.15, 0.2) is 0 Å². The van der Waals surface area contributed by atoms with Crippen LogP contribution < -0.4 is 9.46 Å². The van der Waals surface area contributed by atoms with Gasteiger partial charge in [-0.05, 0) is 26.0 Å². The van der Waals surface area contributed by atoms with Gasteiger partial charge in [-0.1, -0.05) is 0 Å². The van der Waals surface area contributed by atoms with Gasteiger partial charge in [0, 0.05) is 19.2 Å². The van der Waals surface area contributed by atoms with Gasteiger partial charge in [0.05, 0.1) is 24.4 Å². The van der Waals surface area contributed by atoms with Gasteiger partial charge in [0.2, 0.25) is 0 Å². The second-order valence-electron chi connectivity index (χ2n) is 4.24. The van der Waals surface area contributed by atoms with E-state index in [0.717, 1.165) is 0 Å². The van der Waals surface area contributed by atoms with E-state index in [2.05, 4.69) is 4.72 Å². The molecule has 104 valence electrons. The zero-order valence-electron chi connectivity index (χ0n) is 11.3. The molecule has 0 bridgehead atoms. The summed E-state index contributed by atoms with van der Waals surface area (Å²) in [6.07, 6.45) is 0. The Kier molecular flexibility index (Phi) is 4.75. The predicted molar refractivity (Wildman–Crippen MR) is 73.2 cm³/mol. The highest BCUT2D eigenvalue weighted by molar-refractivity contribution is 7.90. The Morgan fingerprint density at radius 2 is 2.05 bits per heavy atom. The summed E-state index contributed by atoms with van der Waals surface area (Å²) in [7, 11) is -0.738. The van der Waals surface area contributed by atoms with Gasteiger partial charge in [-0.2, -0.15) is 18.0 Å². The Bertz CT molecular complexity index is 591. The van der Waals surface area contributed by atoms with Crippen molar-refractivity contribution < 1.29 is 13.2 Å². The van der Waals surface area contributed by atoms with Crippen LogP contribution in [0.25, 0.3) is 0 Å². The van der Waals surface area contributed by atoms with E-state index < -0.39 is 10.2 Å². The van der Waals surface area contributed by atoms with Crippen molar-refractivity contribution in [3.05, 3.63) is 23.8 Å². The van der Waals surface area contributed by atoms with Gasteiger partial charge in [0.25, 0.3) is 0 Å². The summed E-state index contributed by atoms with van der Waals surface area (Å²) in [6.45, 7) is 3.55. The molecule has 1 aromatic rings. The van der Waals surface area contributed by atoms with Crippen molar-refractivity contribution in [2.45, 2.75) is 19.9 Å². The fourth-order valence-electron chi connectivity index (χ4n) is 1.33. The van der Waals surface area contributed by atoms with E-state index in [1.54, 1.807) is 13.8 Å². The number of ether oxygens (including phenoxy) is 1. The fraction of sp³-hybridized carbons (Fsp3) is 0.417. The molecule has 0 radical (unpaired) electrons. The molecule has 0 heterocycles. The Balaban J connectivity index is 3.10. The standard InChI is InChI=1S/C12H17N3O3S/c1-9(2)15(3)19(16,17)14-11-6-5-10(8-13)7-12(11)18-4/h5-7,9,14H,1-4H3. The van der Waals surface area contributed by atoms with Crippen molar-refractivity contribution in [3.8, 4) is 11.8 Å². The van der Waals surface area contributed by atoms with E-state index in [-0.39, 0.29) is 6.04 Å². The molecule has 6 nitrogen and oxygen atoms in total. The van der Waals surface area contributed by atoms with Crippen LogP contribution >= 0.6 is 0 Å². The fourth-order valence-corrected chi connectivity index (χ4v) is 2.48. The van der Waals surface area contributed by atoms with Crippen LogP contribution in [0.1, 0.15) is 19.4 Å². The number of rotatable bonds is 5. The molecule has 0 fully saturated rings. The van der Waals surface area contributed by atoms with Gasteiger partial charge >= 0.3 is 10.2 Å². The Morgan fingerprint density at radius 3 is 2.53 bits per heavy atom. The van der Waals surface area contributed by atoms with Crippen LogP contribution in [-0.2, 0) is 10.2 Å². The first-order valence-electron chi connectivity index (χ1n) is 5.65. The molecule has 0 saturated heterocycles. The smallest absolute Gasteiger partial charge is 0.301 e. The Labute approximate surface area is 113 Å². The lowest BCUT2D eigenvalue weighted by Crippen LogP contribution is -2.37. The average molecular weight is 283 g/mol. The SMILES string of the molecule is COc1cc(C#N)ccc1NS(=O)(=O)N(C)C(C)C. The molecule has 0 atom stereocenters. The number of nitriles is 1. The molecule has 1 N–H and O–H groups in total. The van der Waals surface area contributed by atoms with Crippen LogP contribution in [0.4, 0.5) is 5.69 Å². The van der Waals surface area contributed by atoms with E-state index in [1.165, 1.54) is 36.7 Å². The molecule has 0 aliphatic carbocycles. The summed E-state index contributed by atoms with van der Waals surface area (Å²) in [5, 5.41) is 8.79. The first-order valence-corrected chi connectivity index (χ1v) is 7.09. The van der Waals surface area contributed by atoms with Crippen molar-refractivity contribution >= 4 is 15.9 Å². The van der Waals surface area contributed by atoms with Crippen molar-refractivity contribution in [3.63, 3.8) is 0 Å². The molecule has 0 spiro atoms. The van der Waals surface area contributed by atoms with Crippen LogP contribution in [-0.4, -0.2) is 32.9 Å². The van der Waals surface area contributed by atoms with Crippen molar-refractivity contribution in [2.75, 3.05) is 18.9 Å². The van der Waals surface area contributed by atoms with Crippen molar-refractivity contribution in [1.82, 2.24) is 4.31 Å². The van der Waals surface area contributed by atoms with Crippen LogP contribution in [0.5, 0.6) is 5.75 Å². The third-order valence-electron chi connectivity index (χ3n) is 2.68. The lowest BCUT2D eigenvalue weighted by atomic mass is 10.2. The zero-order valence-corrected chi connectivity index (χ0v) is 12.2. The molecular formula is C12H17N3O3S. The first-order chi connectivity index (χ1) is 8.81. The molecule has 0 aromatic heterocycles. The molecule has 1 aromatic carbocycles.